The molecule has 0 aliphatic heterocycles. The maximum atomic E-state index is 9.63. The van der Waals surface area contributed by atoms with Crippen LogP contribution in [0, 0.1) is 0 Å². The number of rotatable bonds is 5. The second-order valence-electron chi connectivity index (χ2n) is 3.73. The van der Waals surface area contributed by atoms with E-state index < -0.39 is 0 Å². The maximum absolute atomic E-state index is 9.63. The molecule has 0 atom stereocenters. The fraction of sp³-hybridized carbons (Fsp3) is 0.727. The zero-order valence-electron chi connectivity index (χ0n) is 9.38. The van der Waals surface area contributed by atoms with E-state index in [2.05, 4.69) is 18.9 Å². The Bertz CT molecular complexity index is 292. The Balaban J connectivity index is 2.86. The Morgan fingerprint density at radius 3 is 2.50 bits per heavy atom. The molecule has 0 amide bonds. The van der Waals surface area contributed by atoms with Crippen LogP contribution in [0.2, 0.25) is 0 Å². The van der Waals surface area contributed by atoms with Gasteiger partial charge in [0, 0.05) is 18.3 Å². The molecule has 14 heavy (non-hydrogen) atoms. The molecule has 1 heterocycles. The van der Waals surface area contributed by atoms with Gasteiger partial charge in [-0.1, -0.05) is 26.7 Å². The highest BCUT2D eigenvalue weighted by molar-refractivity contribution is 5.30. The first-order valence-electron chi connectivity index (χ1n) is 5.44. The van der Waals surface area contributed by atoms with E-state index >= 15 is 0 Å². The standard InChI is InChI=1S/C11H20N2O/c1-4-6-8-9-10(7-5-2)13(3)12-11(9)14/h4-8H2,1-3H3,(H,12,14). The molecule has 0 saturated carbocycles. The molecule has 0 unspecified atom stereocenters. The Hall–Kier alpha value is -0.990. The first-order valence-corrected chi connectivity index (χ1v) is 5.44. The van der Waals surface area contributed by atoms with Crippen LogP contribution in [0.3, 0.4) is 0 Å². The van der Waals surface area contributed by atoms with Crippen LogP contribution in [-0.4, -0.2) is 14.9 Å². The lowest BCUT2D eigenvalue weighted by molar-refractivity contribution is 0.438. The van der Waals surface area contributed by atoms with Gasteiger partial charge in [0.1, 0.15) is 0 Å². The summed E-state index contributed by atoms with van der Waals surface area (Å²) in [6, 6.07) is 0. The molecule has 0 fully saturated rings. The van der Waals surface area contributed by atoms with E-state index in [1.165, 1.54) is 5.69 Å². The predicted molar refractivity (Wildman–Crippen MR) is 57.5 cm³/mol. The Kier molecular flexibility index (Phi) is 3.98. The molecule has 0 aliphatic carbocycles. The third kappa shape index (κ3) is 2.28. The molecule has 0 aliphatic rings. The molecule has 0 spiro atoms. The second-order valence-corrected chi connectivity index (χ2v) is 3.73. The molecule has 1 rings (SSSR count). The summed E-state index contributed by atoms with van der Waals surface area (Å²) in [6.45, 7) is 4.31. The molecule has 1 N–H and O–H groups in total. The van der Waals surface area contributed by atoms with Crippen LogP contribution in [0.4, 0.5) is 0 Å². The van der Waals surface area contributed by atoms with Gasteiger partial charge in [0.25, 0.3) is 0 Å². The molecular formula is C11H20N2O. The lowest BCUT2D eigenvalue weighted by Crippen LogP contribution is -2.00. The smallest absolute Gasteiger partial charge is 0.233 e. The summed E-state index contributed by atoms with van der Waals surface area (Å²) in [4.78, 5) is 0. The molecule has 80 valence electrons. The van der Waals surface area contributed by atoms with E-state index in [1.54, 1.807) is 0 Å². The van der Waals surface area contributed by atoms with Crippen molar-refractivity contribution in [2.45, 2.75) is 46.0 Å². The fourth-order valence-corrected chi connectivity index (χ4v) is 1.75. The molecular weight excluding hydrogens is 176 g/mol. The van der Waals surface area contributed by atoms with E-state index in [-0.39, 0.29) is 5.88 Å². The average Bonchev–Trinajstić information content (AvgIpc) is 2.40. The van der Waals surface area contributed by atoms with E-state index in [0.717, 1.165) is 37.7 Å². The second kappa shape index (κ2) is 5.03. The van der Waals surface area contributed by atoms with Crippen LogP contribution < -0.4 is 0 Å². The molecule has 1 aromatic heterocycles. The minimum atomic E-state index is 0.226. The first-order chi connectivity index (χ1) is 6.70. The van der Waals surface area contributed by atoms with Crippen molar-refractivity contribution in [2.75, 3.05) is 0 Å². The van der Waals surface area contributed by atoms with Crippen LogP contribution in [0.5, 0.6) is 5.88 Å². The molecule has 1 aromatic rings. The van der Waals surface area contributed by atoms with E-state index in [1.807, 2.05) is 11.7 Å². The highest BCUT2D eigenvalue weighted by Crippen LogP contribution is 2.22. The van der Waals surface area contributed by atoms with Gasteiger partial charge in [0.15, 0.2) is 0 Å². The van der Waals surface area contributed by atoms with Gasteiger partial charge in [-0.25, -0.2) is 0 Å². The van der Waals surface area contributed by atoms with Gasteiger partial charge in [0.2, 0.25) is 5.88 Å². The van der Waals surface area contributed by atoms with Crippen molar-refractivity contribution in [3.63, 3.8) is 0 Å². The summed E-state index contributed by atoms with van der Waals surface area (Å²) in [5.74, 6) is 0.226. The quantitative estimate of drug-likeness (QED) is 0.785. The molecule has 0 radical (unpaired) electrons. The Morgan fingerprint density at radius 2 is 1.93 bits per heavy atom. The van der Waals surface area contributed by atoms with Crippen molar-refractivity contribution >= 4 is 0 Å². The van der Waals surface area contributed by atoms with E-state index in [0.29, 0.717) is 0 Å². The van der Waals surface area contributed by atoms with Gasteiger partial charge < -0.3 is 5.11 Å². The minimum absolute atomic E-state index is 0.226. The van der Waals surface area contributed by atoms with Gasteiger partial charge >= 0.3 is 0 Å². The zero-order valence-corrected chi connectivity index (χ0v) is 9.38. The van der Waals surface area contributed by atoms with Crippen molar-refractivity contribution < 1.29 is 5.11 Å². The zero-order chi connectivity index (χ0) is 10.6. The van der Waals surface area contributed by atoms with Crippen molar-refractivity contribution in [1.29, 1.82) is 0 Å². The SMILES string of the molecule is CCCCc1c(O)nn(C)c1CCC. The van der Waals surface area contributed by atoms with Gasteiger partial charge in [-0.3, -0.25) is 4.68 Å². The summed E-state index contributed by atoms with van der Waals surface area (Å²) in [7, 11) is 1.90. The normalized spacial score (nSPS) is 10.8. The minimum Gasteiger partial charge on any atom is -0.492 e. The summed E-state index contributed by atoms with van der Waals surface area (Å²) in [5.41, 5.74) is 2.25. The molecule has 0 bridgehead atoms. The molecule has 3 nitrogen and oxygen atoms in total. The number of nitrogens with zero attached hydrogens (tertiary/aromatic N) is 2. The largest absolute Gasteiger partial charge is 0.492 e. The van der Waals surface area contributed by atoms with Gasteiger partial charge in [-0.15, -0.1) is 5.10 Å². The van der Waals surface area contributed by atoms with Crippen LogP contribution >= 0.6 is 0 Å². The predicted octanol–water partition coefficient (Wildman–Crippen LogP) is 2.42. The summed E-state index contributed by atoms with van der Waals surface area (Å²) in [6.07, 6.45) is 5.32. The topological polar surface area (TPSA) is 38.1 Å². The first kappa shape index (κ1) is 11.1. The number of aromatic hydroxyl groups is 1. The van der Waals surface area contributed by atoms with E-state index in [4.69, 9.17) is 0 Å². The summed E-state index contributed by atoms with van der Waals surface area (Å²) >= 11 is 0. The van der Waals surface area contributed by atoms with Crippen molar-refractivity contribution in [2.24, 2.45) is 7.05 Å². The number of hydrogen-bond acceptors (Lipinski definition) is 2. The number of hydrogen-bond donors (Lipinski definition) is 1. The van der Waals surface area contributed by atoms with Crippen LogP contribution in [0.1, 0.15) is 44.4 Å². The van der Waals surface area contributed by atoms with Crippen molar-refractivity contribution in [3.05, 3.63) is 11.3 Å². The van der Waals surface area contributed by atoms with Crippen LogP contribution in [0.25, 0.3) is 0 Å². The Morgan fingerprint density at radius 1 is 1.21 bits per heavy atom. The molecule has 0 saturated heterocycles. The highest BCUT2D eigenvalue weighted by Gasteiger charge is 2.13. The fourth-order valence-electron chi connectivity index (χ4n) is 1.75. The molecule has 3 heteroatoms. The summed E-state index contributed by atoms with van der Waals surface area (Å²) in [5, 5.41) is 13.7. The summed E-state index contributed by atoms with van der Waals surface area (Å²) < 4.78 is 1.81. The maximum Gasteiger partial charge on any atom is 0.233 e. The van der Waals surface area contributed by atoms with Crippen LogP contribution in [-0.2, 0) is 19.9 Å². The third-order valence-corrected chi connectivity index (χ3v) is 2.52. The number of aryl methyl sites for hydroxylation is 1. The number of unbranched alkanes of at least 4 members (excludes halogenated alkanes) is 1. The van der Waals surface area contributed by atoms with Gasteiger partial charge in [-0.05, 0) is 19.3 Å². The van der Waals surface area contributed by atoms with Crippen LogP contribution in [0.15, 0.2) is 0 Å². The Labute approximate surface area is 85.8 Å². The van der Waals surface area contributed by atoms with Crippen molar-refractivity contribution in [3.8, 4) is 5.88 Å². The molecule has 0 aromatic carbocycles. The van der Waals surface area contributed by atoms with E-state index in [9.17, 15) is 5.11 Å². The average molecular weight is 196 g/mol. The van der Waals surface area contributed by atoms with Gasteiger partial charge in [0.05, 0.1) is 0 Å². The van der Waals surface area contributed by atoms with Crippen molar-refractivity contribution in [1.82, 2.24) is 9.78 Å². The number of aromatic nitrogens is 2. The monoisotopic (exact) mass is 196 g/mol. The van der Waals surface area contributed by atoms with Gasteiger partial charge in [-0.2, -0.15) is 0 Å². The lowest BCUT2D eigenvalue weighted by Gasteiger charge is -2.03. The third-order valence-electron chi connectivity index (χ3n) is 2.52. The lowest BCUT2D eigenvalue weighted by atomic mass is 10.1. The highest BCUT2D eigenvalue weighted by atomic mass is 16.3.